The average molecular weight is 809 g/mol. The summed E-state index contributed by atoms with van der Waals surface area (Å²) in [5, 5.41) is 18.2. The number of carboxylic acid groups (broad SMARTS) is 1. The van der Waals surface area contributed by atoms with Gasteiger partial charge in [0, 0.05) is 37.4 Å². The van der Waals surface area contributed by atoms with E-state index in [-0.39, 0.29) is 43.3 Å². The fourth-order valence-electron chi connectivity index (χ4n) is 6.57. The Kier molecular flexibility index (Phi) is 14.5. The molecule has 4 aromatic rings. The quantitative estimate of drug-likeness (QED) is 0.106. The van der Waals surface area contributed by atoms with Gasteiger partial charge in [0.25, 0.3) is 0 Å². The normalized spacial score (nSPS) is 16.9. The van der Waals surface area contributed by atoms with Crippen molar-refractivity contribution in [3.05, 3.63) is 113 Å². The minimum Gasteiger partial charge on any atom is -0.486 e. The molecule has 0 unspecified atom stereocenters. The number of benzene rings is 4. The van der Waals surface area contributed by atoms with E-state index in [1.54, 1.807) is 49.4 Å². The standard InChI is InChI=1S/C21H23F3O4.C20H19F3O6/c1-2-26-18(12-13-25)14-6-8-15(9-7-14)27-19-11-10-17-16(19)4-3-5-20(17)28-21(22,23)24;1-2-26-16(10-18(24)25)12-6-8-13(9-7-12)28-17-11-27-19-14(17)4-3-5-15(19)29-20(21,22)23/h3-9,18-19,25H,2,10-13H2,1H3;3-9,16-17H,2,10-11H2,1H3,(H,24,25)/t18-,19+;16-,17+/m00/s1. The van der Waals surface area contributed by atoms with E-state index >= 15 is 0 Å². The third-order valence-corrected chi connectivity index (χ3v) is 8.91. The number of fused-ring (bicyclic) bond motifs is 2. The van der Waals surface area contributed by atoms with Crippen molar-refractivity contribution in [2.75, 3.05) is 26.4 Å². The minimum absolute atomic E-state index is 0.00399. The second-order valence-corrected chi connectivity index (χ2v) is 12.8. The smallest absolute Gasteiger partial charge is 0.486 e. The summed E-state index contributed by atoms with van der Waals surface area (Å²) in [4.78, 5) is 11.0. The summed E-state index contributed by atoms with van der Waals surface area (Å²) >= 11 is 0. The Morgan fingerprint density at radius 2 is 1.26 bits per heavy atom. The zero-order valence-corrected chi connectivity index (χ0v) is 31.0. The van der Waals surface area contributed by atoms with E-state index in [0.717, 1.165) is 11.1 Å². The molecule has 1 aliphatic carbocycles. The second-order valence-electron chi connectivity index (χ2n) is 12.8. The number of carbonyl (C=O) groups is 1. The number of hydrogen-bond donors (Lipinski definition) is 2. The van der Waals surface area contributed by atoms with E-state index in [0.29, 0.717) is 60.7 Å². The topological polar surface area (TPSA) is 122 Å². The number of para-hydroxylation sites is 1. The molecule has 2 N–H and O–H groups in total. The lowest BCUT2D eigenvalue weighted by molar-refractivity contribution is -0.276. The van der Waals surface area contributed by atoms with Crippen molar-refractivity contribution in [3.8, 4) is 28.7 Å². The van der Waals surface area contributed by atoms with Gasteiger partial charge in [-0.05, 0) is 79.8 Å². The fraction of sp³-hybridized carbons (Fsp3) is 0.390. The molecule has 0 fully saturated rings. The lowest BCUT2D eigenvalue weighted by Crippen LogP contribution is -2.18. The van der Waals surface area contributed by atoms with Gasteiger partial charge in [-0.15, -0.1) is 26.3 Å². The zero-order valence-electron chi connectivity index (χ0n) is 31.0. The van der Waals surface area contributed by atoms with E-state index in [1.165, 1.54) is 18.2 Å². The maximum Gasteiger partial charge on any atom is 0.573 e. The second kappa shape index (κ2) is 19.3. The Balaban J connectivity index is 0.000000218. The summed E-state index contributed by atoms with van der Waals surface area (Å²) < 4.78 is 112. The number of aliphatic hydroxyl groups excluding tert-OH is 1. The molecule has 0 amide bonds. The SMILES string of the molecule is CCO[C@@H](CC(=O)O)c1ccc(O[C@@H]2COc3c(OC(F)(F)F)cccc32)cc1.CCO[C@@H](CCO)c1ccc(O[C@@H]2CCc3c(OC(F)(F)F)cccc32)cc1. The largest absolute Gasteiger partial charge is 0.573 e. The molecular weight excluding hydrogens is 766 g/mol. The number of aliphatic carboxylic acids is 1. The molecule has 0 aromatic heterocycles. The number of halogens is 6. The van der Waals surface area contributed by atoms with Crippen molar-refractivity contribution < 1.29 is 74.5 Å². The molecule has 4 aromatic carbocycles. The summed E-state index contributed by atoms with van der Waals surface area (Å²) in [6.45, 7) is 4.66. The highest BCUT2D eigenvalue weighted by Crippen LogP contribution is 2.44. The van der Waals surface area contributed by atoms with Crippen molar-refractivity contribution in [2.24, 2.45) is 0 Å². The van der Waals surface area contributed by atoms with Crippen LogP contribution < -0.4 is 23.7 Å². The van der Waals surface area contributed by atoms with Gasteiger partial charge < -0.3 is 43.4 Å². The van der Waals surface area contributed by atoms with Crippen LogP contribution in [0.1, 0.15) is 85.3 Å². The summed E-state index contributed by atoms with van der Waals surface area (Å²) in [7, 11) is 0. The van der Waals surface area contributed by atoms with Crippen LogP contribution in [0.5, 0.6) is 28.7 Å². The van der Waals surface area contributed by atoms with E-state index in [1.807, 2.05) is 31.2 Å². The molecule has 0 saturated carbocycles. The first kappa shape index (κ1) is 42.9. The van der Waals surface area contributed by atoms with Gasteiger partial charge in [0.1, 0.15) is 30.0 Å². The van der Waals surface area contributed by atoms with E-state index in [4.69, 9.17) is 33.9 Å². The van der Waals surface area contributed by atoms with Gasteiger partial charge in [-0.2, -0.15) is 0 Å². The highest BCUT2D eigenvalue weighted by atomic mass is 19.4. The van der Waals surface area contributed by atoms with Gasteiger partial charge in [-0.1, -0.05) is 48.5 Å². The minimum atomic E-state index is -4.82. The maximum atomic E-state index is 12.6. The maximum absolute atomic E-state index is 12.6. The average Bonchev–Trinajstić information content (AvgIpc) is 3.76. The Morgan fingerprint density at radius 3 is 1.82 bits per heavy atom. The van der Waals surface area contributed by atoms with Crippen molar-refractivity contribution >= 4 is 5.97 Å². The van der Waals surface area contributed by atoms with E-state index in [2.05, 4.69) is 9.47 Å². The number of aliphatic hydroxyl groups is 1. The van der Waals surface area contributed by atoms with Crippen LogP contribution in [-0.2, 0) is 20.7 Å². The predicted molar refractivity (Wildman–Crippen MR) is 192 cm³/mol. The van der Waals surface area contributed by atoms with Crippen LogP contribution in [0.15, 0.2) is 84.9 Å². The molecule has 2 aliphatic rings. The molecule has 0 spiro atoms. The van der Waals surface area contributed by atoms with Crippen LogP contribution in [-0.4, -0.2) is 55.3 Å². The molecule has 0 bridgehead atoms. The zero-order chi connectivity index (χ0) is 41.2. The van der Waals surface area contributed by atoms with Crippen molar-refractivity contribution in [2.45, 2.75) is 76.7 Å². The van der Waals surface area contributed by atoms with Crippen LogP contribution in [0, 0.1) is 0 Å². The summed E-state index contributed by atoms with van der Waals surface area (Å²) in [6.07, 6.45) is -9.83. The molecule has 6 rings (SSSR count). The molecule has 0 radical (unpaired) electrons. The van der Waals surface area contributed by atoms with E-state index < -0.39 is 36.7 Å². The molecule has 1 heterocycles. The lowest BCUT2D eigenvalue weighted by atomic mass is 10.1. The summed E-state index contributed by atoms with van der Waals surface area (Å²) in [5.41, 5.74) is 3.34. The van der Waals surface area contributed by atoms with Crippen LogP contribution in [0.2, 0.25) is 0 Å². The van der Waals surface area contributed by atoms with Crippen LogP contribution in [0.4, 0.5) is 26.3 Å². The van der Waals surface area contributed by atoms with Gasteiger partial charge in [0.05, 0.1) is 18.6 Å². The Morgan fingerprint density at radius 1 is 0.737 bits per heavy atom. The monoisotopic (exact) mass is 808 g/mol. The number of ether oxygens (including phenoxy) is 7. The fourth-order valence-corrected chi connectivity index (χ4v) is 6.57. The number of carboxylic acids is 1. The molecule has 16 heteroatoms. The molecule has 4 atom stereocenters. The first-order valence-corrected chi connectivity index (χ1v) is 18.2. The van der Waals surface area contributed by atoms with E-state index in [9.17, 15) is 31.1 Å². The number of rotatable bonds is 16. The molecule has 1 aliphatic heterocycles. The van der Waals surface area contributed by atoms with Gasteiger partial charge in [-0.25, -0.2) is 0 Å². The Labute approximate surface area is 324 Å². The Hall–Kier alpha value is -5.19. The van der Waals surface area contributed by atoms with Gasteiger partial charge >= 0.3 is 18.7 Å². The highest BCUT2D eigenvalue weighted by molar-refractivity contribution is 5.67. The predicted octanol–water partition coefficient (Wildman–Crippen LogP) is 9.76. The third-order valence-electron chi connectivity index (χ3n) is 8.91. The van der Waals surface area contributed by atoms with Crippen LogP contribution in [0.25, 0.3) is 0 Å². The van der Waals surface area contributed by atoms with Crippen molar-refractivity contribution in [3.63, 3.8) is 0 Å². The van der Waals surface area contributed by atoms with Gasteiger partial charge in [-0.3, -0.25) is 4.79 Å². The first-order valence-electron chi connectivity index (χ1n) is 18.2. The lowest BCUT2D eigenvalue weighted by Gasteiger charge is -2.19. The Bertz CT molecular complexity index is 1890. The first-order chi connectivity index (χ1) is 27.2. The molecule has 0 saturated heterocycles. The molecule has 10 nitrogen and oxygen atoms in total. The van der Waals surface area contributed by atoms with Gasteiger partial charge in [0.15, 0.2) is 17.6 Å². The highest BCUT2D eigenvalue weighted by Gasteiger charge is 2.37. The molecule has 308 valence electrons. The van der Waals surface area contributed by atoms with Crippen LogP contribution >= 0.6 is 0 Å². The van der Waals surface area contributed by atoms with Crippen molar-refractivity contribution in [1.29, 1.82) is 0 Å². The third kappa shape index (κ3) is 12.2. The van der Waals surface area contributed by atoms with Gasteiger partial charge in [0.2, 0.25) is 0 Å². The molecule has 57 heavy (non-hydrogen) atoms. The number of hydrogen-bond acceptors (Lipinski definition) is 9. The van der Waals surface area contributed by atoms with Crippen molar-refractivity contribution in [1.82, 2.24) is 0 Å². The summed E-state index contributed by atoms with van der Waals surface area (Å²) in [5.74, 6) is -0.449. The van der Waals surface area contributed by atoms with Crippen LogP contribution in [0.3, 0.4) is 0 Å². The molecular formula is C41H42F6O10. The number of alkyl halides is 6. The summed E-state index contributed by atoms with van der Waals surface area (Å²) in [6, 6.07) is 23.0.